The molecule has 0 aromatic heterocycles. The van der Waals surface area contributed by atoms with E-state index >= 15 is 0 Å². The van der Waals surface area contributed by atoms with E-state index in [1.165, 1.54) is 57.8 Å². The summed E-state index contributed by atoms with van der Waals surface area (Å²) in [6.45, 7) is 7.52. The zero-order valence-corrected chi connectivity index (χ0v) is 36.4. The Morgan fingerprint density at radius 3 is 1.43 bits per heavy atom. The molecule has 0 aliphatic carbocycles. The van der Waals surface area contributed by atoms with Crippen LogP contribution in [0.2, 0.25) is 0 Å². The van der Waals surface area contributed by atoms with E-state index in [1.54, 1.807) is 0 Å². The molecule has 5 heteroatoms. The molecule has 1 atom stereocenters. The first-order valence-corrected chi connectivity index (χ1v) is 22.8. The van der Waals surface area contributed by atoms with E-state index in [2.05, 4.69) is 112 Å². The van der Waals surface area contributed by atoms with Crippen molar-refractivity contribution in [3.05, 3.63) is 97.2 Å². The maximum absolute atomic E-state index is 12.7. The number of allylic oxidation sites excluding steroid dienone is 16. The Balaban J connectivity index is 4.35. The van der Waals surface area contributed by atoms with Crippen LogP contribution in [0.15, 0.2) is 97.2 Å². The fourth-order valence-electron chi connectivity index (χ4n) is 5.75. The zero-order chi connectivity index (χ0) is 40.7. The lowest BCUT2D eigenvalue weighted by molar-refractivity contribution is -0.162. The van der Waals surface area contributed by atoms with Gasteiger partial charge in [-0.1, -0.05) is 189 Å². The van der Waals surface area contributed by atoms with E-state index in [9.17, 15) is 9.59 Å². The Kier molecular flexibility index (Phi) is 43.6. The molecular formula is C51H84O5. The molecule has 1 unspecified atom stereocenters. The minimum absolute atomic E-state index is 0.0354. The molecule has 0 saturated carbocycles. The average molecular weight is 777 g/mol. The topological polar surface area (TPSA) is 61.8 Å². The lowest BCUT2D eigenvalue weighted by Gasteiger charge is -2.18. The third kappa shape index (κ3) is 43.5. The van der Waals surface area contributed by atoms with Gasteiger partial charge in [0.05, 0.1) is 6.61 Å². The molecule has 0 aliphatic rings. The fraction of sp³-hybridized carbons (Fsp3) is 0.647. The molecule has 318 valence electrons. The fourth-order valence-corrected chi connectivity index (χ4v) is 5.75. The molecule has 0 amide bonds. The van der Waals surface area contributed by atoms with E-state index in [-0.39, 0.29) is 25.2 Å². The van der Waals surface area contributed by atoms with Crippen LogP contribution in [0, 0.1) is 0 Å². The molecule has 0 spiro atoms. The summed E-state index contributed by atoms with van der Waals surface area (Å²) in [6, 6.07) is 0. The first-order chi connectivity index (χ1) is 27.6. The number of carbonyl (C=O) groups is 2. The monoisotopic (exact) mass is 777 g/mol. The normalized spacial score (nSPS) is 13.1. The molecule has 0 bridgehead atoms. The Bertz CT molecular complexity index is 1110. The molecule has 0 aromatic rings. The number of esters is 2. The van der Waals surface area contributed by atoms with Crippen molar-refractivity contribution in [3.63, 3.8) is 0 Å². The summed E-state index contributed by atoms with van der Waals surface area (Å²) in [5.41, 5.74) is 0. The number of hydrogen-bond donors (Lipinski definition) is 0. The summed E-state index contributed by atoms with van der Waals surface area (Å²) in [6.07, 6.45) is 61.3. The van der Waals surface area contributed by atoms with Gasteiger partial charge in [-0.15, -0.1) is 0 Å². The maximum Gasteiger partial charge on any atom is 0.306 e. The first kappa shape index (κ1) is 52.8. The van der Waals surface area contributed by atoms with Gasteiger partial charge in [0.2, 0.25) is 0 Å². The Morgan fingerprint density at radius 1 is 0.411 bits per heavy atom. The number of carbonyl (C=O) groups excluding carboxylic acids is 2. The summed E-state index contributed by atoms with van der Waals surface area (Å²) in [5, 5.41) is 0. The van der Waals surface area contributed by atoms with E-state index < -0.39 is 6.10 Å². The second-order valence-corrected chi connectivity index (χ2v) is 14.6. The molecule has 5 nitrogen and oxygen atoms in total. The van der Waals surface area contributed by atoms with Crippen molar-refractivity contribution in [2.45, 2.75) is 194 Å². The number of ether oxygens (including phenoxy) is 3. The Labute approximate surface area is 345 Å². The lowest BCUT2D eigenvalue weighted by Crippen LogP contribution is -2.30. The van der Waals surface area contributed by atoms with Crippen molar-refractivity contribution >= 4 is 11.9 Å². The highest BCUT2D eigenvalue weighted by Crippen LogP contribution is 2.11. The molecule has 0 saturated heterocycles. The molecule has 0 N–H and O–H groups in total. The quantitative estimate of drug-likeness (QED) is 0.0352. The molecular weight excluding hydrogens is 693 g/mol. The summed E-state index contributed by atoms with van der Waals surface area (Å²) in [5.74, 6) is -0.518. The minimum atomic E-state index is -0.574. The zero-order valence-electron chi connectivity index (χ0n) is 36.4. The van der Waals surface area contributed by atoms with Crippen LogP contribution in [0.5, 0.6) is 0 Å². The largest absolute Gasteiger partial charge is 0.462 e. The predicted molar refractivity (Wildman–Crippen MR) is 242 cm³/mol. The highest BCUT2D eigenvalue weighted by molar-refractivity contribution is 5.70. The van der Waals surface area contributed by atoms with Gasteiger partial charge in [-0.2, -0.15) is 0 Å². The minimum Gasteiger partial charge on any atom is -0.462 e. The van der Waals surface area contributed by atoms with Crippen molar-refractivity contribution in [2.75, 3.05) is 19.8 Å². The molecule has 0 aromatic carbocycles. The lowest BCUT2D eigenvalue weighted by atomic mass is 10.1. The van der Waals surface area contributed by atoms with Crippen LogP contribution in [0.25, 0.3) is 0 Å². The van der Waals surface area contributed by atoms with Gasteiger partial charge in [0.25, 0.3) is 0 Å². The first-order valence-electron chi connectivity index (χ1n) is 22.8. The van der Waals surface area contributed by atoms with E-state index in [1.807, 2.05) is 6.08 Å². The standard InChI is InChI=1S/C51H84O5/c1-4-7-10-13-16-19-21-23-24-25-26-27-28-30-31-33-35-38-41-44-50(52)55-48-49(47-54-46-43-40-37-18-15-12-9-6-3)56-51(53)45-42-39-36-34-32-29-22-20-17-14-11-8-5-2/h7,10-11,14,16,19-20,22-24,26-27,30-31,35,38,49H,4-6,8-9,12-13,15,17-18,21,25,28-29,32-34,36-37,39-48H2,1-3H3/b10-7-,14-11-,19-16-,22-20-,24-23-,27-26-,31-30-,38-35-. The van der Waals surface area contributed by atoms with Crippen molar-refractivity contribution in [1.82, 2.24) is 0 Å². The van der Waals surface area contributed by atoms with E-state index in [0.29, 0.717) is 25.9 Å². The second kappa shape index (κ2) is 46.2. The van der Waals surface area contributed by atoms with E-state index in [0.717, 1.165) is 89.9 Å². The van der Waals surface area contributed by atoms with Gasteiger partial charge in [-0.3, -0.25) is 9.59 Å². The second-order valence-electron chi connectivity index (χ2n) is 14.6. The molecule has 0 radical (unpaired) electrons. The summed E-state index contributed by atoms with van der Waals surface area (Å²) in [7, 11) is 0. The summed E-state index contributed by atoms with van der Waals surface area (Å²) < 4.78 is 17.2. The predicted octanol–water partition coefficient (Wildman–Crippen LogP) is 15.1. The number of unbranched alkanes of at least 4 members (excludes halogenated alkanes) is 13. The molecule has 0 aliphatic heterocycles. The smallest absolute Gasteiger partial charge is 0.306 e. The van der Waals surface area contributed by atoms with Crippen LogP contribution < -0.4 is 0 Å². The van der Waals surface area contributed by atoms with Gasteiger partial charge < -0.3 is 14.2 Å². The molecule has 0 fully saturated rings. The van der Waals surface area contributed by atoms with Gasteiger partial charge in [-0.25, -0.2) is 0 Å². The van der Waals surface area contributed by atoms with Crippen molar-refractivity contribution in [3.8, 4) is 0 Å². The highest BCUT2D eigenvalue weighted by atomic mass is 16.6. The summed E-state index contributed by atoms with van der Waals surface area (Å²) >= 11 is 0. The Hall–Kier alpha value is -3.18. The summed E-state index contributed by atoms with van der Waals surface area (Å²) in [4.78, 5) is 25.2. The maximum atomic E-state index is 12.7. The molecule has 0 heterocycles. The van der Waals surface area contributed by atoms with Crippen LogP contribution in [-0.2, 0) is 23.8 Å². The van der Waals surface area contributed by atoms with Crippen LogP contribution >= 0.6 is 0 Å². The van der Waals surface area contributed by atoms with Crippen LogP contribution in [0.1, 0.15) is 188 Å². The van der Waals surface area contributed by atoms with Crippen LogP contribution in [-0.4, -0.2) is 37.9 Å². The van der Waals surface area contributed by atoms with Crippen molar-refractivity contribution < 1.29 is 23.8 Å². The van der Waals surface area contributed by atoms with Crippen molar-refractivity contribution in [2.24, 2.45) is 0 Å². The van der Waals surface area contributed by atoms with Gasteiger partial charge in [0.15, 0.2) is 6.10 Å². The SMILES string of the molecule is CC/C=C\C/C=C\C/C=C\C/C=C\C/C=C\C/C=C\CCC(=O)OCC(COCCCCCCCCCC)OC(=O)CCCCCCC/C=C\C/C=C\CCC. The van der Waals surface area contributed by atoms with Gasteiger partial charge >= 0.3 is 11.9 Å². The number of hydrogen-bond acceptors (Lipinski definition) is 5. The Morgan fingerprint density at radius 2 is 0.875 bits per heavy atom. The average Bonchev–Trinajstić information content (AvgIpc) is 3.20. The third-order valence-corrected chi connectivity index (χ3v) is 9.10. The van der Waals surface area contributed by atoms with Gasteiger partial charge in [0.1, 0.15) is 6.61 Å². The van der Waals surface area contributed by atoms with E-state index in [4.69, 9.17) is 14.2 Å². The van der Waals surface area contributed by atoms with Gasteiger partial charge in [0, 0.05) is 19.4 Å². The van der Waals surface area contributed by atoms with Crippen molar-refractivity contribution in [1.29, 1.82) is 0 Å². The highest BCUT2D eigenvalue weighted by Gasteiger charge is 2.17. The van der Waals surface area contributed by atoms with Gasteiger partial charge in [-0.05, 0) is 83.5 Å². The van der Waals surface area contributed by atoms with Crippen LogP contribution in [0.3, 0.4) is 0 Å². The van der Waals surface area contributed by atoms with Crippen LogP contribution in [0.4, 0.5) is 0 Å². The number of rotatable bonds is 40. The molecule has 56 heavy (non-hydrogen) atoms. The third-order valence-electron chi connectivity index (χ3n) is 9.10. The molecule has 0 rings (SSSR count).